The fourth-order valence-corrected chi connectivity index (χ4v) is 1.69. The Kier molecular flexibility index (Phi) is 3.95. The van der Waals surface area contributed by atoms with Crippen molar-refractivity contribution in [2.75, 3.05) is 31.6 Å². The number of carbonyl (C=O) groups excluding carboxylic acids is 1. The smallest absolute Gasteiger partial charge is 0.321 e. The van der Waals surface area contributed by atoms with Gasteiger partial charge in [-0.2, -0.15) is 0 Å². The molecule has 2 rings (SSSR count). The maximum Gasteiger partial charge on any atom is 0.321 e. The third-order valence-corrected chi connectivity index (χ3v) is 2.74. The highest BCUT2D eigenvalue weighted by molar-refractivity contribution is 5.89. The number of nitrogens with zero attached hydrogens (tertiary/aromatic N) is 1. The Labute approximate surface area is 101 Å². The van der Waals surface area contributed by atoms with Gasteiger partial charge in [-0.15, -0.1) is 0 Å². The molecule has 1 heterocycles. The molecule has 3 N–H and O–H groups in total. The molecule has 0 spiro atoms. The molecule has 17 heavy (non-hydrogen) atoms. The van der Waals surface area contributed by atoms with Crippen LogP contribution in [-0.4, -0.2) is 37.2 Å². The molecule has 0 bridgehead atoms. The van der Waals surface area contributed by atoms with Crippen LogP contribution in [0.2, 0.25) is 0 Å². The first-order valence-electron chi connectivity index (χ1n) is 5.72. The van der Waals surface area contributed by atoms with Gasteiger partial charge in [0.1, 0.15) is 0 Å². The Hall–Kier alpha value is -1.59. The van der Waals surface area contributed by atoms with Gasteiger partial charge in [0.05, 0.1) is 13.2 Å². The Balaban J connectivity index is 1.92. The molecule has 5 heteroatoms. The van der Waals surface area contributed by atoms with Crippen LogP contribution in [0.5, 0.6) is 0 Å². The fraction of sp³-hybridized carbons (Fsp3) is 0.417. The highest BCUT2D eigenvalue weighted by atomic mass is 16.5. The minimum atomic E-state index is -0.0752. The van der Waals surface area contributed by atoms with Gasteiger partial charge in [0.25, 0.3) is 0 Å². The summed E-state index contributed by atoms with van der Waals surface area (Å²) in [5.41, 5.74) is 7.35. The normalized spacial score (nSPS) is 15.7. The van der Waals surface area contributed by atoms with Crippen molar-refractivity contribution in [3.63, 3.8) is 0 Å². The maximum absolute atomic E-state index is 11.9. The lowest BCUT2D eigenvalue weighted by Crippen LogP contribution is -2.43. The second-order valence-corrected chi connectivity index (χ2v) is 3.93. The van der Waals surface area contributed by atoms with Gasteiger partial charge in [-0.25, -0.2) is 4.79 Å². The summed E-state index contributed by atoms with van der Waals surface area (Å²) in [6.45, 7) is 3.02. The molecular weight excluding hydrogens is 218 g/mol. The molecule has 0 unspecified atom stereocenters. The Morgan fingerprint density at radius 3 is 2.53 bits per heavy atom. The summed E-state index contributed by atoms with van der Waals surface area (Å²) in [6.07, 6.45) is 0. The zero-order valence-electron chi connectivity index (χ0n) is 9.69. The molecular formula is C12H17N3O2. The number of urea groups is 1. The predicted molar refractivity (Wildman–Crippen MR) is 65.7 cm³/mol. The molecule has 0 aliphatic carbocycles. The van der Waals surface area contributed by atoms with Crippen LogP contribution in [0, 0.1) is 0 Å². The predicted octanol–water partition coefficient (Wildman–Crippen LogP) is 1.01. The SMILES string of the molecule is NCc1ccc(NC(=O)N2CCOCC2)cc1. The van der Waals surface area contributed by atoms with Gasteiger partial charge in [0.15, 0.2) is 0 Å². The highest BCUT2D eigenvalue weighted by Crippen LogP contribution is 2.10. The second-order valence-electron chi connectivity index (χ2n) is 3.93. The molecule has 1 aromatic rings. The first-order chi connectivity index (χ1) is 8.29. The van der Waals surface area contributed by atoms with Crippen molar-refractivity contribution in [2.45, 2.75) is 6.54 Å². The molecule has 5 nitrogen and oxygen atoms in total. The second kappa shape index (κ2) is 5.65. The van der Waals surface area contributed by atoms with Crippen LogP contribution in [-0.2, 0) is 11.3 Å². The number of nitrogens with one attached hydrogen (secondary N) is 1. The van der Waals surface area contributed by atoms with Crippen molar-refractivity contribution in [2.24, 2.45) is 5.73 Å². The number of morpholine rings is 1. The lowest BCUT2D eigenvalue weighted by molar-refractivity contribution is 0.0564. The van der Waals surface area contributed by atoms with Gasteiger partial charge < -0.3 is 20.7 Å². The summed E-state index contributed by atoms with van der Waals surface area (Å²) in [5.74, 6) is 0. The zero-order chi connectivity index (χ0) is 12.1. The topological polar surface area (TPSA) is 67.6 Å². The summed E-state index contributed by atoms with van der Waals surface area (Å²) in [7, 11) is 0. The molecule has 0 aromatic heterocycles. The maximum atomic E-state index is 11.9. The van der Waals surface area contributed by atoms with E-state index >= 15 is 0 Å². The summed E-state index contributed by atoms with van der Waals surface area (Å²) in [6, 6.07) is 7.47. The number of nitrogens with two attached hydrogens (primary N) is 1. The van der Waals surface area contributed by atoms with Crippen molar-refractivity contribution >= 4 is 11.7 Å². The van der Waals surface area contributed by atoms with Crippen molar-refractivity contribution in [3.05, 3.63) is 29.8 Å². The minimum absolute atomic E-state index is 0.0752. The molecule has 0 saturated carbocycles. The van der Waals surface area contributed by atoms with E-state index < -0.39 is 0 Å². The molecule has 92 valence electrons. The summed E-state index contributed by atoms with van der Waals surface area (Å²) in [4.78, 5) is 13.6. The molecule has 0 atom stereocenters. The van der Waals surface area contributed by atoms with E-state index in [-0.39, 0.29) is 6.03 Å². The van der Waals surface area contributed by atoms with E-state index in [1.54, 1.807) is 4.90 Å². The number of hydrogen-bond donors (Lipinski definition) is 2. The van der Waals surface area contributed by atoms with Crippen LogP contribution < -0.4 is 11.1 Å². The third-order valence-electron chi connectivity index (χ3n) is 2.74. The van der Waals surface area contributed by atoms with Crippen LogP contribution in [0.15, 0.2) is 24.3 Å². The average molecular weight is 235 g/mol. The summed E-state index contributed by atoms with van der Waals surface area (Å²) in [5, 5.41) is 2.85. The van der Waals surface area contributed by atoms with Gasteiger partial charge in [0.2, 0.25) is 0 Å². The van der Waals surface area contributed by atoms with Crippen LogP contribution in [0.25, 0.3) is 0 Å². The van der Waals surface area contributed by atoms with Gasteiger partial charge in [0, 0.05) is 25.3 Å². The van der Waals surface area contributed by atoms with E-state index in [1.807, 2.05) is 24.3 Å². The molecule has 2 amide bonds. The van der Waals surface area contributed by atoms with E-state index in [1.165, 1.54) is 0 Å². The van der Waals surface area contributed by atoms with Crippen LogP contribution in [0.1, 0.15) is 5.56 Å². The van der Waals surface area contributed by atoms with Crippen molar-refractivity contribution in [1.29, 1.82) is 0 Å². The molecule has 1 aliphatic rings. The van der Waals surface area contributed by atoms with Gasteiger partial charge in [-0.1, -0.05) is 12.1 Å². The third kappa shape index (κ3) is 3.18. The molecule has 1 aromatic carbocycles. The van der Waals surface area contributed by atoms with Gasteiger partial charge >= 0.3 is 6.03 Å². The number of benzene rings is 1. The largest absolute Gasteiger partial charge is 0.378 e. The summed E-state index contributed by atoms with van der Waals surface area (Å²) < 4.78 is 5.19. The molecule has 1 saturated heterocycles. The Morgan fingerprint density at radius 1 is 1.29 bits per heavy atom. The average Bonchev–Trinajstić information content (AvgIpc) is 2.40. The monoisotopic (exact) mass is 235 g/mol. The van der Waals surface area contributed by atoms with E-state index in [0.717, 1.165) is 11.3 Å². The van der Waals surface area contributed by atoms with Crippen molar-refractivity contribution < 1.29 is 9.53 Å². The zero-order valence-corrected chi connectivity index (χ0v) is 9.69. The highest BCUT2D eigenvalue weighted by Gasteiger charge is 2.16. The van der Waals surface area contributed by atoms with Crippen LogP contribution in [0.4, 0.5) is 10.5 Å². The van der Waals surface area contributed by atoms with E-state index in [2.05, 4.69) is 5.32 Å². The lowest BCUT2D eigenvalue weighted by atomic mass is 10.2. The Bertz CT molecular complexity index is 372. The summed E-state index contributed by atoms with van der Waals surface area (Å²) >= 11 is 0. The number of anilines is 1. The number of amides is 2. The van der Waals surface area contributed by atoms with Crippen molar-refractivity contribution in [3.8, 4) is 0 Å². The quantitative estimate of drug-likeness (QED) is 0.804. The first kappa shape index (κ1) is 11.9. The van der Waals surface area contributed by atoms with Crippen LogP contribution in [0.3, 0.4) is 0 Å². The van der Waals surface area contributed by atoms with Crippen molar-refractivity contribution in [1.82, 2.24) is 4.90 Å². The Morgan fingerprint density at radius 2 is 1.94 bits per heavy atom. The van der Waals surface area contributed by atoms with Gasteiger partial charge in [-0.05, 0) is 17.7 Å². The lowest BCUT2D eigenvalue weighted by Gasteiger charge is -2.26. The minimum Gasteiger partial charge on any atom is -0.378 e. The number of carbonyl (C=O) groups is 1. The van der Waals surface area contributed by atoms with E-state index in [0.29, 0.717) is 32.8 Å². The number of hydrogen-bond acceptors (Lipinski definition) is 3. The standard InChI is InChI=1S/C12H17N3O2/c13-9-10-1-3-11(4-2-10)14-12(16)15-5-7-17-8-6-15/h1-4H,5-9,13H2,(H,14,16). The first-order valence-corrected chi connectivity index (χ1v) is 5.72. The number of rotatable bonds is 2. The number of ether oxygens (including phenoxy) is 1. The van der Waals surface area contributed by atoms with Crippen LogP contribution >= 0.6 is 0 Å². The molecule has 1 fully saturated rings. The molecule has 1 aliphatic heterocycles. The molecule has 0 radical (unpaired) electrons. The fourth-order valence-electron chi connectivity index (χ4n) is 1.69. The van der Waals surface area contributed by atoms with Gasteiger partial charge in [-0.3, -0.25) is 0 Å². The van der Waals surface area contributed by atoms with E-state index in [4.69, 9.17) is 10.5 Å². The van der Waals surface area contributed by atoms with E-state index in [9.17, 15) is 4.79 Å².